The summed E-state index contributed by atoms with van der Waals surface area (Å²) < 4.78 is 6.20. The lowest BCUT2D eigenvalue weighted by Gasteiger charge is -2.23. The standard InChI is InChI=1S/C23H25N3O2/c24-15-20-9-5-12-26(20)23(27)17-25-13-11-22(16-25)28-21-10-4-8-19(14-21)18-6-2-1-3-7-18/h1-4,6-8,10,14,20,22H,5,9,11-13,16-17H2. The molecular formula is C23H25N3O2. The molecule has 2 heterocycles. The van der Waals surface area contributed by atoms with Crippen LogP contribution in [0.25, 0.3) is 11.1 Å². The molecule has 0 aliphatic carbocycles. The zero-order chi connectivity index (χ0) is 19.3. The molecule has 2 aliphatic heterocycles. The fourth-order valence-electron chi connectivity index (χ4n) is 4.09. The second kappa shape index (κ2) is 8.45. The van der Waals surface area contributed by atoms with Crippen molar-refractivity contribution in [3.8, 4) is 22.9 Å². The SMILES string of the molecule is N#CC1CCCN1C(=O)CN1CCC(Oc2cccc(-c3ccccc3)c2)C1. The second-order valence-corrected chi connectivity index (χ2v) is 7.53. The van der Waals surface area contributed by atoms with Crippen LogP contribution in [0, 0.1) is 11.3 Å². The van der Waals surface area contributed by atoms with Crippen LogP contribution >= 0.6 is 0 Å². The zero-order valence-corrected chi connectivity index (χ0v) is 16.0. The van der Waals surface area contributed by atoms with Crippen molar-refractivity contribution in [2.75, 3.05) is 26.2 Å². The summed E-state index contributed by atoms with van der Waals surface area (Å²) >= 11 is 0. The van der Waals surface area contributed by atoms with Gasteiger partial charge in [-0.3, -0.25) is 9.69 Å². The predicted octanol–water partition coefficient (Wildman–Crippen LogP) is 3.32. The average Bonchev–Trinajstić information content (AvgIpc) is 3.38. The predicted molar refractivity (Wildman–Crippen MR) is 108 cm³/mol. The molecule has 4 rings (SSSR count). The highest BCUT2D eigenvalue weighted by Gasteiger charge is 2.32. The monoisotopic (exact) mass is 375 g/mol. The van der Waals surface area contributed by atoms with Crippen LogP contribution in [0.4, 0.5) is 0 Å². The van der Waals surface area contributed by atoms with Gasteiger partial charge in [-0.05, 0) is 42.5 Å². The van der Waals surface area contributed by atoms with E-state index < -0.39 is 0 Å². The van der Waals surface area contributed by atoms with Crippen LogP contribution in [0.3, 0.4) is 0 Å². The summed E-state index contributed by atoms with van der Waals surface area (Å²) in [5.74, 6) is 0.930. The molecule has 0 N–H and O–H groups in total. The summed E-state index contributed by atoms with van der Waals surface area (Å²) in [5.41, 5.74) is 2.31. The Balaban J connectivity index is 1.33. The number of hydrogen-bond donors (Lipinski definition) is 0. The summed E-state index contributed by atoms with van der Waals surface area (Å²) in [7, 11) is 0. The Kier molecular flexibility index (Phi) is 5.59. The van der Waals surface area contributed by atoms with Gasteiger partial charge in [0.05, 0.1) is 12.6 Å². The largest absolute Gasteiger partial charge is 0.489 e. The van der Waals surface area contributed by atoms with Crippen molar-refractivity contribution in [3.05, 3.63) is 54.6 Å². The molecule has 28 heavy (non-hydrogen) atoms. The Hall–Kier alpha value is -2.84. The van der Waals surface area contributed by atoms with Crippen molar-refractivity contribution >= 4 is 5.91 Å². The Labute approximate surface area is 166 Å². The van der Waals surface area contributed by atoms with Gasteiger partial charge in [0.1, 0.15) is 17.9 Å². The molecule has 144 valence electrons. The zero-order valence-electron chi connectivity index (χ0n) is 16.0. The molecule has 0 saturated carbocycles. The van der Waals surface area contributed by atoms with Gasteiger partial charge in [0.2, 0.25) is 5.91 Å². The highest BCUT2D eigenvalue weighted by molar-refractivity contribution is 5.79. The summed E-state index contributed by atoms with van der Waals surface area (Å²) in [6.07, 6.45) is 2.72. The highest BCUT2D eigenvalue weighted by Crippen LogP contribution is 2.26. The molecule has 0 bridgehead atoms. The Morgan fingerprint density at radius 2 is 1.89 bits per heavy atom. The highest BCUT2D eigenvalue weighted by atomic mass is 16.5. The van der Waals surface area contributed by atoms with E-state index in [1.54, 1.807) is 4.90 Å². The Morgan fingerprint density at radius 3 is 2.71 bits per heavy atom. The summed E-state index contributed by atoms with van der Waals surface area (Å²) in [5, 5.41) is 9.18. The van der Waals surface area contributed by atoms with E-state index in [2.05, 4.69) is 35.2 Å². The molecule has 2 atom stereocenters. The van der Waals surface area contributed by atoms with Crippen molar-refractivity contribution in [3.63, 3.8) is 0 Å². The maximum absolute atomic E-state index is 12.5. The van der Waals surface area contributed by atoms with Crippen LogP contribution in [-0.2, 0) is 4.79 Å². The van der Waals surface area contributed by atoms with Gasteiger partial charge in [0.15, 0.2) is 0 Å². The van der Waals surface area contributed by atoms with E-state index in [9.17, 15) is 10.1 Å². The first-order chi connectivity index (χ1) is 13.7. The molecular weight excluding hydrogens is 350 g/mol. The van der Waals surface area contributed by atoms with E-state index in [-0.39, 0.29) is 18.1 Å². The number of carbonyl (C=O) groups excluding carboxylic acids is 1. The van der Waals surface area contributed by atoms with Crippen molar-refractivity contribution in [2.45, 2.75) is 31.4 Å². The van der Waals surface area contributed by atoms with Gasteiger partial charge >= 0.3 is 0 Å². The topological polar surface area (TPSA) is 56.6 Å². The molecule has 5 heteroatoms. The molecule has 2 saturated heterocycles. The van der Waals surface area contributed by atoms with Crippen LogP contribution in [0.15, 0.2) is 54.6 Å². The number of benzene rings is 2. The number of carbonyl (C=O) groups is 1. The molecule has 2 aromatic carbocycles. The number of nitrogens with zero attached hydrogens (tertiary/aromatic N) is 3. The van der Waals surface area contributed by atoms with Crippen LogP contribution in [-0.4, -0.2) is 54.0 Å². The fraction of sp³-hybridized carbons (Fsp3) is 0.391. The maximum atomic E-state index is 12.5. The lowest BCUT2D eigenvalue weighted by atomic mass is 10.1. The minimum atomic E-state index is -0.247. The molecule has 5 nitrogen and oxygen atoms in total. The molecule has 2 aliphatic rings. The quantitative estimate of drug-likeness (QED) is 0.804. The van der Waals surface area contributed by atoms with Gasteiger partial charge in [-0.1, -0.05) is 42.5 Å². The van der Waals surface area contributed by atoms with Gasteiger partial charge in [0, 0.05) is 19.6 Å². The first-order valence-corrected chi connectivity index (χ1v) is 9.96. The van der Waals surface area contributed by atoms with Crippen molar-refractivity contribution in [1.82, 2.24) is 9.80 Å². The van der Waals surface area contributed by atoms with E-state index in [0.29, 0.717) is 13.1 Å². The van der Waals surface area contributed by atoms with Gasteiger partial charge in [-0.15, -0.1) is 0 Å². The normalized spacial score (nSPS) is 22.2. The van der Waals surface area contributed by atoms with Crippen LogP contribution in [0.2, 0.25) is 0 Å². The number of likely N-dealkylation sites (tertiary alicyclic amines) is 2. The van der Waals surface area contributed by atoms with E-state index in [1.165, 1.54) is 5.56 Å². The van der Waals surface area contributed by atoms with Crippen LogP contribution in [0.1, 0.15) is 19.3 Å². The van der Waals surface area contributed by atoms with Crippen molar-refractivity contribution < 1.29 is 9.53 Å². The summed E-state index contributed by atoms with van der Waals surface area (Å²) in [6, 6.07) is 20.4. The third-order valence-electron chi connectivity index (χ3n) is 5.55. The van der Waals surface area contributed by atoms with E-state index in [4.69, 9.17) is 4.74 Å². The number of rotatable bonds is 5. The lowest BCUT2D eigenvalue weighted by molar-refractivity contribution is -0.132. The third kappa shape index (κ3) is 4.18. The first-order valence-electron chi connectivity index (χ1n) is 9.96. The first kappa shape index (κ1) is 18.5. The number of hydrogen-bond acceptors (Lipinski definition) is 4. The molecule has 2 unspecified atom stereocenters. The smallest absolute Gasteiger partial charge is 0.237 e. The van der Waals surface area contributed by atoms with Gasteiger partial charge in [-0.25, -0.2) is 0 Å². The Bertz CT molecular complexity index is 862. The van der Waals surface area contributed by atoms with Crippen molar-refractivity contribution in [1.29, 1.82) is 5.26 Å². The Morgan fingerprint density at radius 1 is 1.07 bits per heavy atom. The second-order valence-electron chi connectivity index (χ2n) is 7.53. The molecule has 2 aromatic rings. The molecule has 0 aromatic heterocycles. The van der Waals surface area contributed by atoms with E-state index >= 15 is 0 Å². The maximum Gasteiger partial charge on any atom is 0.237 e. The van der Waals surface area contributed by atoms with E-state index in [1.807, 2.05) is 30.3 Å². The average molecular weight is 375 g/mol. The molecule has 1 amide bonds. The van der Waals surface area contributed by atoms with Gasteiger partial charge in [0.25, 0.3) is 0 Å². The fourth-order valence-corrected chi connectivity index (χ4v) is 4.09. The number of ether oxygens (including phenoxy) is 1. The third-order valence-corrected chi connectivity index (χ3v) is 5.55. The molecule has 2 fully saturated rings. The lowest BCUT2D eigenvalue weighted by Crippen LogP contribution is -2.42. The van der Waals surface area contributed by atoms with Crippen LogP contribution in [0.5, 0.6) is 5.75 Å². The minimum Gasteiger partial charge on any atom is -0.489 e. The van der Waals surface area contributed by atoms with Gasteiger partial charge in [-0.2, -0.15) is 5.26 Å². The molecule has 0 radical (unpaired) electrons. The van der Waals surface area contributed by atoms with Crippen LogP contribution < -0.4 is 4.74 Å². The number of nitriles is 1. The van der Waals surface area contributed by atoms with Crippen molar-refractivity contribution in [2.24, 2.45) is 0 Å². The van der Waals surface area contributed by atoms with Gasteiger partial charge < -0.3 is 9.64 Å². The molecule has 0 spiro atoms. The van der Waals surface area contributed by atoms with E-state index in [0.717, 1.165) is 43.7 Å². The summed E-state index contributed by atoms with van der Waals surface area (Å²) in [4.78, 5) is 16.4. The minimum absolute atomic E-state index is 0.0655. The number of amides is 1. The summed E-state index contributed by atoms with van der Waals surface area (Å²) in [6.45, 7) is 2.67.